The number of nitriles is 1. The summed E-state index contributed by atoms with van der Waals surface area (Å²) in [4.78, 5) is 22.0. The van der Waals surface area contributed by atoms with Crippen LogP contribution in [0.1, 0.15) is 21.2 Å². The molecule has 0 aliphatic rings. The molecule has 1 aromatic heterocycles. The van der Waals surface area contributed by atoms with E-state index in [9.17, 15) is 23.7 Å². The lowest BCUT2D eigenvalue weighted by atomic mass is 9.95. The van der Waals surface area contributed by atoms with Crippen LogP contribution in [0, 0.1) is 33.1 Å². The number of thiophene rings is 1. The average Bonchev–Trinajstić information content (AvgIpc) is 2.91. The maximum atomic E-state index is 13.6. The SMILES string of the molecule is N#CC(C(=O)c1ccc([N+](=O)[O-])s1)c1ccc(F)cc1F. The molecular formula is C13H6F2N2O3S. The number of halogens is 2. The Morgan fingerprint density at radius 2 is 2.05 bits per heavy atom. The van der Waals surface area contributed by atoms with Gasteiger partial charge in [-0.05, 0) is 12.1 Å². The van der Waals surface area contributed by atoms with Crippen molar-refractivity contribution in [1.82, 2.24) is 0 Å². The van der Waals surface area contributed by atoms with Crippen LogP contribution in [0.4, 0.5) is 13.8 Å². The van der Waals surface area contributed by atoms with Gasteiger partial charge in [0.15, 0.2) is 5.78 Å². The van der Waals surface area contributed by atoms with Crippen LogP contribution in [0.25, 0.3) is 0 Å². The molecule has 2 rings (SSSR count). The number of Topliss-reactive ketones (excluding diaryl/α,β-unsaturated/α-hetero) is 1. The van der Waals surface area contributed by atoms with Gasteiger partial charge in [0.25, 0.3) is 0 Å². The van der Waals surface area contributed by atoms with Gasteiger partial charge in [-0.3, -0.25) is 14.9 Å². The minimum absolute atomic E-state index is 0.0306. The lowest BCUT2D eigenvalue weighted by molar-refractivity contribution is -0.380. The summed E-state index contributed by atoms with van der Waals surface area (Å²) in [5, 5.41) is 19.4. The molecule has 1 heterocycles. The minimum Gasteiger partial charge on any atom is -0.291 e. The monoisotopic (exact) mass is 308 g/mol. The van der Waals surface area contributed by atoms with Gasteiger partial charge < -0.3 is 0 Å². The third-order valence-electron chi connectivity index (χ3n) is 2.68. The van der Waals surface area contributed by atoms with Crippen LogP contribution in [0.15, 0.2) is 30.3 Å². The molecule has 0 saturated carbocycles. The topological polar surface area (TPSA) is 84.0 Å². The molecule has 0 radical (unpaired) electrons. The molecule has 0 aliphatic carbocycles. The number of hydrogen-bond acceptors (Lipinski definition) is 5. The highest BCUT2D eigenvalue weighted by molar-refractivity contribution is 7.17. The van der Waals surface area contributed by atoms with Crippen molar-refractivity contribution < 1.29 is 18.5 Å². The normalized spacial score (nSPS) is 11.7. The third-order valence-corrected chi connectivity index (χ3v) is 3.73. The first kappa shape index (κ1) is 14.7. The van der Waals surface area contributed by atoms with Crippen LogP contribution < -0.4 is 0 Å². The maximum Gasteiger partial charge on any atom is 0.324 e. The van der Waals surface area contributed by atoms with E-state index in [1.54, 1.807) is 6.07 Å². The second-order valence-electron chi connectivity index (χ2n) is 3.99. The Hall–Kier alpha value is -2.66. The zero-order chi connectivity index (χ0) is 15.6. The maximum absolute atomic E-state index is 13.6. The van der Waals surface area contributed by atoms with Gasteiger partial charge in [0.1, 0.15) is 17.6 Å². The number of rotatable bonds is 4. The molecule has 0 aliphatic heterocycles. The molecule has 0 N–H and O–H groups in total. The molecule has 0 fully saturated rings. The van der Waals surface area contributed by atoms with Crippen LogP contribution in [0.5, 0.6) is 0 Å². The lowest BCUT2D eigenvalue weighted by Crippen LogP contribution is -2.11. The fourth-order valence-corrected chi connectivity index (χ4v) is 2.50. The number of ketones is 1. The Labute approximate surface area is 121 Å². The Morgan fingerprint density at radius 3 is 2.57 bits per heavy atom. The van der Waals surface area contributed by atoms with Crippen molar-refractivity contribution in [2.45, 2.75) is 5.92 Å². The van der Waals surface area contributed by atoms with E-state index in [4.69, 9.17) is 5.26 Å². The number of carbonyl (C=O) groups excluding carboxylic acids is 1. The summed E-state index contributed by atoms with van der Waals surface area (Å²) in [6.07, 6.45) is 0. The van der Waals surface area contributed by atoms with Gasteiger partial charge in [-0.25, -0.2) is 8.78 Å². The van der Waals surface area contributed by atoms with Gasteiger partial charge in [-0.1, -0.05) is 17.4 Å². The van der Waals surface area contributed by atoms with Gasteiger partial charge >= 0.3 is 5.00 Å². The predicted octanol–water partition coefficient (Wildman–Crippen LogP) is 3.42. The molecule has 2 aromatic rings. The van der Waals surface area contributed by atoms with Crippen molar-refractivity contribution >= 4 is 22.1 Å². The molecule has 1 aromatic carbocycles. The van der Waals surface area contributed by atoms with E-state index in [-0.39, 0.29) is 15.4 Å². The van der Waals surface area contributed by atoms with E-state index in [0.717, 1.165) is 18.2 Å². The smallest absolute Gasteiger partial charge is 0.291 e. The molecule has 0 amide bonds. The van der Waals surface area contributed by atoms with Crippen LogP contribution in [-0.2, 0) is 0 Å². The molecule has 1 unspecified atom stereocenters. The van der Waals surface area contributed by atoms with Gasteiger partial charge in [-0.2, -0.15) is 5.26 Å². The highest BCUT2D eigenvalue weighted by Crippen LogP contribution is 2.30. The van der Waals surface area contributed by atoms with E-state index in [2.05, 4.69) is 0 Å². The zero-order valence-corrected chi connectivity index (χ0v) is 11.1. The number of carbonyl (C=O) groups is 1. The first-order valence-electron chi connectivity index (χ1n) is 5.57. The second kappa shape index (κ2) is 5.76. The largest absolute Gasteiger partial charge is 0.324 e. The fourth-order valence-electron chi connectivity index (χ4n) is 1.71. The van der Waals surface area contributed by atoms with E-state index >= 15 is 0 Å². The Kier molecular flexibility index (Phi) is 4.05. The standard InChI is InChI=1S/C13H6F2N2O3S/c14-7-1-2-8(10(15)5-7)9(6-16)13(18)11-3-4-12(21-11)17(19)20/h1-5,9H. The van der Waals surface area contributed by atoms with E-state index < -0.39 is 28.3 Å². The molecule has 8 heteroatoms. The van der Waals surface area contributed by atoms with E-state index in [1.807, 2.05) is 0 Å². The Balaban J connectivity index is 2.38. The molecule has 1 atom stereocenters. The highest BCUT2D eigenvalue weighted by Gasteiger charge is 2.27. The second-order valence-corrected chi connectivity index (χ2v) is 5.05. The van der Waals surface area contributed by atoms with Crippen molar-refractivity contribution in [2.75, 3.05) is 0 Å². The van der Waals surface area contributed by atoms with Crippen molar-refractivity contribution in [3.8, 4) is 6.07 Å². The lowest BCUT2D eigenvalue weighted by Gasteiger charge is -2.08. The first-order chi connectivity index (χ1) is 9.93. The number of hydrogen-bond donors (Lipinski definition) is 0. The highest BCUT2D eigenvalue weighted by atomic mass is 32.1. The summed E-state index contributed by atoms with van der Waals surface area (Å²) < 4.78 is 26.5. The third kappa shape index (κ3) is 2.93. The minimum atomic E-state index is -1.48. The fraction of sp³-hybridized carbons (Fsp3) is 0.0769. The molecular weight excluding hydrogens is 302 g/mol. The quantitative estimate of drug-likeness (QED) is 0.492. The summed E-state index contributed by atoms with van der Waals surface area (Å²) in [6.45, 7) is 0. The summed E-state index contributed by atoms with van der Waals surface area (Å²) in [5.74, 6) is -4.09. The number of nitro groups is 1. The Morgan fingerprint density at radius 1 is 1.33 bits per heavy atom. The van der Waals surface area contributed by atoms with Crippen LogP contribution in [0.2, 0.25) is 0 Å². The first-order valence-corrected chi connectivity index (χ1v) is 6.38. The van der Waals surface area contributed by atoms with Gasteiger partial charge in [0.05, 0.1) is 15.9 Å². The average molecular weight is 308 g/mol. The van der Waals surface area contributed by atoms with Gasteiger partial charge in [-0.15, -0.1) is 0 Å². The van der Waals surface area contributed by atoms with Crippen molar-refractivity contribution in [3.05, 3.63) is 62.5 Å². The van der Waals surface area contributed by atoms with Crippen LogP contribution in [-0.4, -0.2) is 10.7 Å². The van der Waals surface area contributed by atoms with Gasteiger partial charge in [0.2, 0.25) is 0 Å². The summed E-state index contributed by atoms with van der Waals surface area (Å²) >= 11 is 0.600. The van der Waals surface area contributed by atoms with E-state index in [1.165, 1.54) is 6.07 Å². The molecule has 21 heavy (non-hydrogen) atoms. The van der Waals surface area contributed by atoms with E-state index in [0.29, 0.717) is 17.4 Å². The van der Waals surface area contributed by atoms with Crippen LogP contribution >= 0.6 is 11.3 Å². The Bertz CT molecular complexity index is 767. The van der Waals surface area contributed by atoms with Crippen molar-refractivity contribution in [2.24, 2.45) is 0 Å². The number of benzene rings is 1. The van der Waals surface area contributed by atoms with Crippen molar-refractivity contribution in [1.29, 1.82) is 5.26 Å². The van der Waals surface area contributed by atoms with Gasteiger partial charge in [0, 0.05) is 17.7 Å². The molecule has 106 valence electrons. The molecule has 0 spiro atoms. The zero-order valence-electron chi connectivity index (χ0n) is 10.2. The molecule has 5 nitrogen and oxygen atoms in total. The van der Waals surface area contributed by atoms with Crippen molar-refractivity contribution in [3.63, 3.8) is 0 Å². The molecule has 0 saturated heterocycles. The molecule has 0 bridgehead atoms. The summed E-state index contributed by atoms with van der Waals surface area (Å²) in [6, 6.07) is 6.50. The summed E-state index contributed by atoms with van der Waals surface area (Å²) in [7, 11) is 0. The van der Waals surface area contributed by atoms with Crippen LogP contribution in [0.3, 0.4) is 0 Å². The number of nitrogens with zero attached hydrogens (tertiary/aromatic N) is 2. The predicted molar refractivity (Wildman–Crippen MR) is 70.0 cm³/mol. The summed E-state index contributed by atoms with van der Waals surface area (Å²) in [5.41, 5.74) is -0.264.